The van der Waals surface area contributed by atoms with Gasteiger partial charge in [-0.2, -0.15) is 11.3 Å². The van der Waals surface area contributed by atoms with Crippen molar-refractivity contribution in [3.63, 3.8) is 0 Å². The van der Waals surface area contributed by atoms with E-state index in [9.17, 15) is 15.0 Å². The molecule has 0 fully saturated rings. The lowest BCUT2D eigenvalue weighted by Gasteiger charge is -2.16. The summed E-state index contributed by atoms with van der Waals surface area (Å²) in [5.41, 5.74) is 0.179. The summed E-state index contributed by atoms with van der Waals surface area (Å²) < 4.78 is 0. The number of aliphatic hydroxyl groups is 3. The van der Waals surface area contributed by atoms with Crippen LogP contribution in [0.15, 0.2) is 10.8 Å². The van der Waals surface area contributed by atoms with Gasteiger partial charge in [-0.05, 0) is 11.8 Å². The molecule has 2 unspecified atom stereocenters. The highest BCUT2D eigenvalue weighted by Crippen LogP contribution is 2.26. The molecule has 0 amide bonds. The Hall–Kier alpha value is -0.950. The van der Waals surface area contributed by atoms with E-state index in [0.717, 1.165) is 11.3 Å². The number of aliphatic hydroxyl groups excluding tert-OH is 3. The van der Waals surface area contributed by atoms with Crippen molar-refractivity contribution < 1.29 is 25.2 Å². The first-order valence-corrected chi connectivity index (χ1v) is 5.28. The van der Waals surface area contributed by atoms with E-state index in [4.69, 9.17) is 10.2 Å². The molecular weight excluding hydrogens is 220 g/mol. The average molecular weight is 232 g/mol. The SMILES string of the molecule is O=C(O)c1cscc1C(O)C(O)CCO. The van der Waals surface area contributed by atoms with Gasteiger partial charge >= 0.3 is 5.97 Å². The van der Waals surface area contributed by atoms with Crippen LogP contribution in [0.1, 0.15) is 28.4 Å². The van der Waals surface area contributed by atoms with E-state index < -0.39 is 18.2 Å². The van der Waals surface area contributed by atoms with Crippen LogP contribution in [-0.4, -0.2) is 39.1 Å². The third-order valence-corrected chi connectivity index (χ3v) is 2.79. The summed E-state index contributed by atoms with van der Waals surface area (Å²) >= 11 is 1.14. The first-order valence-electron chi connectivity index (χ1n) is 4.34. The smallest absolute Gasteiger partial charge is 0.336 e. The molecule has 84 valence electrons. The Bertz CT molecular complexity index is 335. The van der Waals surface area contributed by atoms with E-state index in [-0.39, 0.29) is 24.2 Å². The zero-order chi connectivity index (χ0) is 11.4. The van der Waals surface area contributed by atoms with Crippen molar-refractivity contribution in [2.24, 2.45) is 0 Å². The minimum atomic E-state index is -1.27. The number of carboxylic acid groups (broad SMARTS) is 1. The van der Waals surface area contributed by atoms with Gasteiger partial charge in [0.25, 0.3) is 0 Å². The molecule has 2 atom stereocenters. The molecule has 0 spiro atoms. The number of aromatic carboxylic acids is 1. The van der Waals surface area contributed by atoms with Gasteiger partial charge in [-0.15, -0.1) is 0 Å². The summed E-state index contributed by atoms with van der Waals surface area (Å²) in [6.07, 6.45) is -2.41. The summed E-state index contributed by atoms with van der Waals surface area (Å²) in [5, 5.41) is 39.3. The van der Waals surface area contributed by atoms with Gasteiger partial charge in [0.05, 0.1) is 11.7 Å². The molecule has 0 bridgehead atoms. The van der Waals surface area contributed by atoms with Crippen LogP contribution >= 0.6 is 11.3 Å². The van der Waals surface area contributed by atoms with Gasteiger partial charge in [0, 0.05) is 17.6 Å². The quantitative estimate of drug-likeness (QED) is 0.582. The Labute approximate surface area is 90.2 Å². The number of rotatable bonds is 5. The molecule has 1 aromatic heterocycles. The van der Waals surface area contributed by atoms with Crippen LogP contribution in [0.5, 0.6) is 0 Å². The molecule has 0 aliphatic rings. The van der Waals surface area contributed by atoms with E-state index in [1.807, 2.05) is 0 Å². The number of hydrogen-bond acceptors (Lipinski definition) is 5. The maximum Gasteiger partial charge on any atom is 0.336 e. The minimum Gasteiger partial charge on any atom is -0.478 e. The Morgan fingerprint density at radius 3 is 2.60 bits per heavy atom. The molecule has 6 heteroatoms. The van der Waals surface area contributed by atoms with Gasteiger partial charge in [-0.1, -0.05) is 0 Å². The zero-order valence-corrected chi connectivity index (χ0v) is 8.65. The van der Waals surface area contributed by atoms with Gasteiger partial charge in [-0.3, -0.25) is 0 Å². The van der Waals surface area contributed by atoms with Crippen molar-refractivity contribution in [1.29, 1.82) is 0 Å². The summed E-state index contributed by atoms with van der Waals surface area (Å²) in [4.78, 5) is 10.7. The van der Waals surface area contributed by atoms with E-state index in [2.05, 4.69) is 0 Å². The third-order valence-electron chi connectivity index (χ3n) is 2.03. The molecule has 5 nitrogen and oxygen atoms in total. The van der Waals surface area contributed by atoms with Crippen LogP contribution in [0.25, 0.3) is 0 Å². The van der Waals surface area contributed by atoms with Gasteiger partial charge in [-0.25, -0.2) is 4.79 Å². The normalized spacial score (nSPS) is 14.9. The van der Waals surface area contributed by atoms with Crippen LogP contribution < -0.4 is 0 Å². The highest BCUT2D eigenvalue weighted by Gasteiger charge is 2.23. The van der Waals surface area contributed by atoms with E-state index in [1.54, 1.807) is 0 Å². The molecular formula is C9H12O5S. The first kappa shape index (κ1) is 12.1. The summed E-state index contributed by atoms with van der Waals surface area (Å²) in [7, 11) is 0. The second kappa shape index (κ2) is 5.22. The fourth-order valence-electron chi connectivity index (χ4n) is 1.21. The van der Waals surface area contributed by atoms with Gasteiger partial charge in [0.2, 0.25) is 0 Å². The molecule has 0 radical (unpaired) electrons. The second-order valence-corrected chi connectivity index (χ2v) is 3.81. The topological polar surface area (TPSA) is 98.0 Å². The number of carboxylic acids is 1. The Balaban J connectivity index is 2.85. The van der Waals surface area contributed by atoms with Crippen molar-refractivity contribution in [2.45, 2.75) is 18.6 Å². The second-order valence-electron chi connectivity index (χ2n) is 3.07. The fourth-order valence-corrected chi connectivity index (χ4v) is 2.06. The molecule has 0 saturated carbocycles. The van der Waals surface area contributed by atoms with Gasteiger partial charge in [0.1, 0.15) is 6.10 Å². The van der Waals surface area contributed by atoms with Crippen LogP contribution in [-0.2, 0) is 0 Å². The molecule has 0 aromatic carbocycles. The Kier molecular flexibility index (Phi) is 4.22. The maximum absolute atomic E-state index is 10.7. The fraction of sp³-hybridized carbons (Fsp3) is 0.444. The molecule has 0 aliphatic heterocycles. The largest absolute Gasteiger partial charge is 0.478 e. The predicted octanol–water partition coefficient (Wildman–Crippen LogP) is 0.223. The van der Waals surface area contributed by atoms with Crippen molar-refractivity contribution in [2.75, 3.05) is 6.61 Å². The van der Waals surface area contributed by atoms with Crippen LogP contribution in [0.3, 0.4) is 0 Å². The number of thiophene rings is 1. The first-order chi connectivity index (χ1) is 7.07. The van der Waals surface area contributed by atoms with E-state index >= 15 is 0 Å². The van der Waals surface area contributed by atoms with Gasteiger partial charge < -0.3 is 20.4 Å². The third kappa shape index (κ3) is 2.75. The lowest BCUT2D eigenvalue weighted by molar-refractivity contribution is 0.00376. The summed E-state index contributed by atoms with van der Waals surface area (Å²) in [5.74, 6) is -1.14. The maximum atomic E-state index is 10.7. The van der Waals surface area contributed by atoms with Crippen LogP contribution in [0.2, 0.25) is 0 Å². The molecule has 0 aliphatic carbocycles. The minimum absolute atomic E-state index is 0.00973. The van der Waals surface area contributed by atoms with Crippen molar-refractivity contribution >= 4 is 17.3 Å². The predicted molar refractivity (Wildman–Crippen MR) is 53.9 cm³/mol. The lowest BCUT2D eigenvalue weighted by atomic mass is 10.0. The summed E-state index contributed by atoms with van der Waals surface area (Å²) in [6, 6.07) is 0. The molecule has 15 heavy (non-hydrogen) atoms. The van der Waals surface area contributed by atoms with E-state index in [0.29, 0.717) is 0 Å². The Morgan fingerprint density at radius 1 is 1.40 bits per heavy atom. The lowest BCUT2D eigenvalue weighted by Crippen LogP contribution is -2.20. The van der Waals surface area contributed by atoms with Crippen molar-refractivity contribution in [3.8, 4) is 0 Å². The van der Waals surface area contributed by atoms with Crippen LogP contribution in [0, 0.1) is 0 Å². The molecule has 1 heterocycles. The highest BCUT2D eigenvalue weighted by atomic mass is 32.1. The highest BCUT2D eigenvalue weighted by molar-refractivity contribution is 7.08. The average Bonchev–Trinajstić information content (AvgIpc) is 2.65. The molecule has 4 N–H and O–H groups in total. The van der Waals surface area contributed by atoms with Gasteiger partial charge in [0.15, 0.2) is 0 Å². The molecule has 1 rings (SSSR count). The molecule has 1 aromatic rings. The monoisotopic (exact) mass is 232 g/mol. The Morgan fingerprint density at radius 2 is 2.07 bits per heavy atom. The van der Waals surface area contributed by atoms with Crippen molar-refractivity contribution in [3.05, 3.63) is 21.9 Å². The standard InChI is InChI=1S/C9H12O5S/c10-2-1-7(11)8(12)5-3-15-4-6(5)9(13)14/h3-4,7-8,10-12H,1-2H2,(H,13,14). The van der Waals surface area contributed by atoms with Crippen molar-refractivity contribution in [1.82, 2.24) is 0 Å². The number of hydrogen-bond donors (Lipinski definition) is 4. The van der Waals surface area contributed by atoms with E-state index in [1.165, 1.54) is 10.8 Å². The molecule has 0 saturated heterocycles. The zero-order valence-electron chi connectivity index (χ0n) is 7.83. The number of carbonyl (C=O) groups is 1. The van der Waals surface area contributed by atoms with Crippen LogP contribution in [0.4, 0.5) is 0 Å². The summed E-state index contributed by atoms with van der Waals surface area (Å²) in [6.45, 7) is -0.259.